The lowest BCUT2D eigenvalue weighted by molar-refractivity contribution is 0.102. The summed E-state index contributed by atoms with van der Waals surface area (Å²) in [5, 5.41) is 3.38. The average molecular weight is 463 g/mol. The number of morpholine rings is 1. The van der Waals surface area contributed by atoms with Crippen LogP contribution in [0.3, 0.4) is 0 Å². The van der Waals surface area contributed by atoms with Crippen LogP contribution in [-0.2, 0) is 11.2 Å². The van der Waals surface area contributed by atoms with Gasteiger partial charge in [-0.1, -0.05) is 29.5 Å². The molecule has 1 aliphatic heterocycles. The number of pyridine rings is 1. The first-order valence-electron chi connectivity index (χ1n) is 10.7. The zero-order valence-electron chi connectivity index (χ0n) is 17.8. The number of rotatable bonds is 7. The van der Waals surface area contributed by atoms with Gasteiger partial charge < -0.3 is 14.4 Å². The van der Waals surface area contributed by atoms with Crippen molar-refractivity contribution in [2.24, 2.45) is 0 Å². The topological polar surface area (TPSA) is 102 Å². The summed E-state index contributed by atoms with van der Waals surface area (Å²) >= 11 is 1.42. The van der Waals surface area contributed by atoms with Crippen molar-refractivity contribution in [1.82, 2.24) is 19.9 Å². The normalized spacial score (nSPS) is 13.8. The number of anilines is 2. The largest absolute Gasteiger partial charge is 0.477 e. The third-order valence-corrected chi connectivity index (χ3v) is 6.02. The lowest BCUT2D eigenvalue weighted by Gasteiger charge is -2.27. The maximum Gasteiger partial charge on any atom is 0.276 e. The molecule has 0 aliphatic carbocycles. The highest BCUT2D eigenvalue weighted by Crippen LogP contribution is 2.26. The number of nitrogens with one attached hydrogen (secondary N) is 1. The number of nitrogens with zero attached hydrogens (tertiary/aromatic N) is 5. The van der Waals surface area contributed by atoms with Crippen molar-refractivity contribution in [2.45, 2.75) is 6.42 Å². The van der Waals surface area contributed by atoms with E-state index in [1.165, 1.54) is 11.3 Å². The van der Waals surface area contributed by atoms with Gasteiger partial charge in [0.25, 0.3) is 5.91 Å². The smallest absolute Gasteiger partial charge is 0.276 e. The van der Waals surface area contributed by atoms with Crippen molar-refractivity contribution in [3.05, 3.63) is 66.1 Å². The second kappa shape index (κ2) is 9.88. The standard InChI is InChI=1S/C23H22N6O3S/c30-21(28-23-26-17-6-1-2-7-19(17)33-23)18-15-20(32-12-8-16-5-3-4-9-24-16)27-22(25-18)29-10-13-31-14-11-29/h1-7,9,15H,8,10-14H2,(H,26,28,30). The molecule has 0 saturated carbocycles. The van der Waals surface area contributed by atoms with Gasteiger partial charge in [-0.15, -0.1) is 0 Å². The molecule has 0 radical (unpaired) electrons. The maximum atomic E-state index is 13.0. The molecular formula is C23H22N6O3S. The first-order chi connectivity index (χ1) is 16.2. The number of benzene rings is 1. The summed E-state index contributed by atoms with van der Waals surface area (Å²) in [5.41, 5.74) is 1.99. The van der Waals surface area contributed by atoms with Gasteiger partial charge in [-0.25, -0.2) is 9.97 Å². The minimum atomic E-state index is -0.361. The van der Waals surface area contributed by atoms with Gasteiger partial charge in [-0.2, -0.15) is 4.98 Å². The Morgan fingerprint density at radius 2 is 1.94 bits per heavy atom. The number of para-hydroxylation sites is 1. The highest BCUT2D eigenvalue weighted by molar-refractivity contribution is 7.22. The van der Waals surface area contributed by atoms with Crippen molar-refractivity contribution in [2.75, 3.05) is 43.1 Å². The number of ether oxygens (including phenoxy) is 2. The second-order valence-electron chi connectivity index (χ2n) is 7.35. The molecule has 5 rings (SSSR count). The summed E-state index contributed by atoms with van der Waals surface area (Å²) in [6.45, 7) is 2.85. The summed E-state index contributed by atoms with van der Waals surface area (Å²) in [6.07, 6.45) is 2.38. The van der Waals surface area contributed by atoms with Gasteiger partial charge in [0.1, 0.15) is 5.69 Å². The highest BCUT2D eigenvalue weighted by atomic mass is 32.1. The summed E-state index contributed by atoms with van der Waals surface area (Å²) in [7, 11) is 0. The van der Waals surface area contributed by atoms with E-state index in [0.717, 1.165) is 15.9 Å². The monoisotopic (exact) mass is 462 g/mol. The van der Waals surface area contributed by atoms with Crippen molar-refractivity contribution >= 4 is 38.5 Å². The molecule has 33 heavy (non-hydrogen) atoms. The Bertz CT molecular complexity index is 1210. The Labute approximate surface area is 194 Å². The van der Waals surface area contributed by atoms with Crippen molar-refractivity contribution in [1.29, 1.82) is 0 Å². The summed E-state index contributed by atoms with van der Waals surface area (Å²) in [4.78, 5) is 32.8. The molecule has 168 valence electrons. The molecule has 1 N–H and O–H groups in total. The molecule has 1 saturated heterocycles. The predicted molar refractivity (Wildman–Crippen MR) is 126 cm³/mol. The van der Waals surface area contributed by atoms with Gasteiger partial charge in [-0.3, -0.25) is 15.1 Å². The molecule has 0 spiro atoms. The van der Waals surface area contributed by atoms with Crippen LogP contribution in [-0.4, -0.2) is 58.8 Å². The van der Waals surface area contributed by atoms with Crippen LogP contribution in [0, 0.1) is 0 Å². The summed E-state index contributed by atoms with van der Waals surface area (Å²) in [5.74, 6) is 0.431. The number of carbonyl (C=O) groups excluding carboxylic acids is 1. The Morgan fingerprint density at radius 3 is 2.76 bits per heavy atom. The number of carbonyl (C=O) groups is 1. The summed E-state index contributed by atoms with van der Waals surface area (Å²) < 4.78 is 12.3. The van der Waals surface area contributed by atoms with E-state index in [9.17, 15) is 4.79 Å². The fraction of sp³-hybridized carbons (Fsp3) is 0.261. The van der Waals surface area contributed by atoms with E-state index in [2.05, 4.69) is 25.3 Å². The van der Waals surface area contributed by atoms with Crippen LogP contribution >= 0.6 is 11.3 Å². The molecule has 0 unspecified atom stereocenters. The number of fused-ring (bicyclic) bond motifs is 1. The average Bonchev–Trinajstić information content (AvgIpc) is 3.27. The molecule has 9 nitrogen and oxygen atoms in total. The van der Waals surface area contributed by atoms with Gasteiger partial charge >= 0.3 is 0 Å². The van der Waals surface area contributed by atoms with E-state index in [0.29, 0.717) is 56.3 Å². The molecule has 1 fully saturated rings. The predicted octanol–water partition coefficient (Wildman–Crippen LogP) is 3.19. The molecular weight excluding hydrogens is 440 g/mol. The van der Waals surface area contributed by atoms with E-state index in [4.69, 9.17) is 9.47 Å². The van der Waals surface area contributed by atoms with Crippen LogP contribution in [0.4, 0.5) is 11.1 Å². The Balaban J connectivity index is 1.35. The maximum absolute atomic E-state index is 13.0. The van der Waals surface area contributed by atoms with Gasteiger partial charge in [0.05, 0.1) is 30.0 Å². The molecule has 1 amide bonds. The van der Waals surface area contributed by atoms with Crippen LogP contribution in [0.15, 0.2) is 54.7 Å². The Morgan fingerprint density at radius 1 is 1.09 bits per heavy atom. The second-order valence-corrected chi connectivity index (χ2v) is 8.38. The quantitative estimate of drug-likeness (QED) is 0.447. The lowest BCUT2D eigenvalue weighted by atomic mass is 10.3. The fourth-order valence-electron chi connectivity index (χ4n) is 3.40. The SMILES string of the molecule is O=C(Nc1nc2ccccc2s1)c1cc(OCCc2ccccn2)nc(N2CCOCC2)n1. The molecule has 0 bridgehead atoms. The Hall–Kier alpha value is -3.63. The minimum Gasteiger partial charge on any atom is -0.477 e. The van der Waals surface area contributed by atoms with Crippen molar-refractivity contribution in [3.8, 4) is 5.88 Å². The molecule has 4 aromatic rings. The lowest BCUT2D eigenvalue weighted by Crippen LogP contribution is -2.37. The van der Waals surface area contributed by atoms with Crippen LogP contribution < -0.4 is 15.0 Å². The fourth-order valence-corrected chi connectivity index (χ4v) is 4.26. The molecule has 1 aliphatic rings. The molecule has 4 heterocycles. The zero-order valence-corrected chi connectivity index (χ0v) is 18.6. The number of thiazole rings is 1. The molecule has 0 atom stereocenters. The minimum absolute atomic E-state index is 0.221. The first kappa shape index (κ1) is 21.2. The molecule has 10 heteroatoms. The van der Waals surface area contributed by atoms with E-state index >= 15 is 0 Å². The van der Waals surface area contributed by atoms with Crippen molar-refractivity contribution in [3.63, 3.8) is 0 Å². The Kier molecular flexibility index (Phi) is 6.36. The van der Waals surface area contributed by atoms with Crippen LogP contribution in [0.5, 0.6) is 5.88 Å². The summed E-state index contributed by atoms with van der Waals surface area (Å²) in [6, 6.07) is 15.1. The van der Waals surface area contributed by atoms with Crippen LogP contribution in [0.25, 0.3) is 10.2 Å². The van der Waals surface area contributed by atoms with E-state index < -0.39 is 0 Å². The molecule has 1 aromatic carbocycles. The third kappa shape index (κ3) is 5.24. The van der Waals surface area contributed by atoms with Gasteiger partial charge in [0, 0.05) is 37.5 Å². The zero-order chi connectivity index (χ0) is 22.5. The molecule has 3 aromatic heterocycles. The number of aromatic nitrogens is 4. The van der Waals surface area contributed by atoms with Crippen LogP contribution in [0.2, 0.25) is 0 Å². The van der Waals surface area contributed by atoms with Crippen molar-refractivity contribution < 1.29 is 14.3 Å². The van der Waals surface area contributed by atoms with Gasteiger partial charge in [0.2, 0.25) is 11.8 Å². The van der Waals surface area contributed by atoms with E-state index in [1.807, 2.05) is 47.4 Å². The first-order valence-corrected chi connectivity index (χ1v) is 11.5. The third-order valence-electron chi connectivity index (χ3n) is 5.07. The number of amides is 1. The number of hydrogen-bond acceptors (Lipinski definition) is 9. The van der Waals surface area contributed by atoms with Gasteiger partial charge in [-0.05, 0) is 24.3 Å². The van der Waals surface area contributed by atoms with E-state index in [1.54, 1.807) is 12.3 Å². The highest BCUT2D eigenvalue weighted by Gasteiger charge is 2.20. The van der Waals surface area contributed by atoms with Crippen LogP contribution in [0.1, 0.15) is 16.2 Å². The van der Waals surface area contributed by atoms with Gasteiger partial charge in [0.15, 0.2) is 5.13 Å². The van der Waals surface area contributed by atoms with E-state index in [-0.39, 0.29) is 11.6 Å². The number of hydrogen-bond donors (Lipinski definition) is 1.